The fraction of sp³-hybridized carbons (Fsp3) is 0.400. The molecule has 116 valence electrons. The van der Waals surface area contributed by atoms with Gasteiger partial charge in [-0.1, -0.05) is 12.1 Å². The Morgan fingerprint density at radius 2 is 1.73 bits per heavy atom. The zero-order valence-electron chi connectivity index (χ0n) is 12.9. The SMILES string of the molecule is CC1(C)OB(c2cn(-c3ccccc3F)c(Br)n2)OC1(C)C. The lowest BCUT2D eigenvalue weighted by molar-refractivity contribution is 0.00578. The maximum atomic E-state index is 14.0. The second-order valence-electron chi connectivity index (χ2n) is 6.34. The lowest BCUT2D eigenvalue weighted by Crippen LogP contribution is -2.41. The summed E-state index contributed by atoms with van der Waals surface area (Å²) >= 11 is 3.37. The number of halogens is 2. The second-order valence-corrected chi connectivity index (χ2v) is 7.05. The largest absolute Gasteiger partial charge is 0.516 e. The Balaban J connectivity index is 1.96. The maximum Gasteiger partial charge on any atom is 0.516 e. The summed E-state index contributed by atoms with van der Waals surface area (Å²) in [4.78, 5) is 4.40. The van der Waals surface area contributed by atoms with Crippen molar-refractivity contribution in [3.8, 4) is 5.69 Å². The molecule has 2 aromatic rings. The van der Waals surface area contributed by atoms with Gasteiger partial charge in [0, 0.05) is 6.20 Å². The average molecular weight is 367 g/mol. The molecule has 1 aliphatic heterocycles. The van der Waals surface area contributed by atoms with Crippen LogP contribution in [-0.2, 0) is 9.31 Å². The van der Waals surface area contributed by atoms with Crippen LogP contribution in [0.25, 0.3) is 5.69 Å². The molecule has 3 rings (SSSR count). The number of aromatic nitrogens is 2. The summed E-state index contributed by atoms with van der Waals surface area (Å²) in [6.07, 6.45) is 1.73. The van der Waals surface area contributed by atoms with E-state index < -0.39 is 18.3 Å². The van der Waals surface area contributed by atoms with Crippen LogP contribution in [0.1, 0.15) is 27.7 Å². The van der Waals surface area contributed by atoms with Crippen LogP contribution in [0.2, 0.25) is 0 Å². The fourth-order valence-corrected chi connectivity index (χ4v) is 2.77. The van der Waals surface area contributed by atoms with Gasteiger partial charge in [0.15, 0.2) is 4.73 Å². The van der Waals surface area contributed by atoms with E-state index in [4.69, 9.17) is 9.31 Å². The minimum absolute atomic E-state index is 0.318. The lowest BCUT2D eigenvalue weighted by atomic mass is 9.86. The molecule has 0 saturated carbocycles. The summed E-state index contributed by atoms with van der Waals surface area (Å²) in [5.74, 6) is -0.318. The summed E-state index contributed by atoms with van der Waals surface area (Å²) in [6, 6.07) is 6.53. The highest BCUT2D eigenvalue weighted by Gasteiger charge is 2.52. The zero-order chi connectivity index (χ0) is 16.1. The van der Waals surface area contributed by atoms with Gasteiger partial charge < -0.3 is 9.31 Å². The Morgan fingerprint density at radius 1 is 1.14 bits per heavy atom. The summed E-state index contributed by atoms with van der Waals surface area (Å²) in [7, 11) is -0.575. The molecule has 1 aliphatic rings. The number of benzene rings is 1. The van der Waals surface area contributed by atoms with E-state index in [0.717, 1.165) is 0 Å². The third kappa shape index (κ3) is 2.51. The molecule has 1 saturated heterocycles. The topological polar surface area (TPSA) is 36.3 Å². The molecule has 0 atom stereocenters. The van der Waals surface area contributed by atoms with Crippen LogP contribution in [0.3, 0.4) is 0 Å². The van der Waals surface area contributed by atoms with Crippen molar-refractivity contribution in [1.82, 2.24) is 9.55 Å². The predicted molar refractivity (Wildman–Crippen MR) is 86.9 cm³/mol. The molecule has 1 aromatic carbocycles. The quantitative estimate of drug-likeness (QED) is 0.766. The van der Waals surface area contributed by atoms with Crippen LogP contribution in [0.5, 0.6) is 0 Å². The Hall–Kier alpha value is -1.18. The molecule has 4 nitrogen and oxygen atoms in total. The molecular weight excluding hydrogens is 350 g/mol. The number of rotatable bonds is 2. The molecule has 22 heavy (non-hydrogen) atoms. The van der Waals surface area contributed by atoms with Gasteiger partial charge in [-0.15, -0.1) is 0 Å². The molecular formula is C15H17BBrFN2O2. The van der Waals surface area contributed by atoms with E-state index in [9.17, 15) is 4.39 Å². The third-order valence-corrected chi connectivity index (χ3v) is 4.85. The highest BCUT2D eigenvalue weighted by molar-refractivity contribution is 9.10. The smallest absolute Gasteiger partial charge is 0.398 e. The van der Waals surface area contributed by atoms with E-state index >= 15 is 0 Å². The van der Waals surface area contributed by atoms with Crippen molar-refractivity contribution in [2.45, 2.75) is 38.9 Å². The second kappa shape index (κ2) is 5.18. The number of hydrogen-bond acceptors (Lipinski definition) is 3. The summed E-state index contributed by atoms with van der Waals surface area (Å²) in [5, 5.41) is 0. The minimum Gasteiger partial charge on any atom is -0.398 e. The van der Waals surface area contributed by atoms with Gasteiger partial charge in [0.05, 0.1) is 22.5 Å². The first-order valence-electron chi connectivity index (χ1n) is 7.06. The van der Waals surface area contributed by atoms with Crippen molar-refractivity contribution < 1.29 is 13.7 Å². The van der Waals surface area contributed by atoms with E-state index in [1.54, 1.807) is 29.0 Å². The molecule has 0 radical (unpaired) electrons. The highest BCUT2D eigenvalue weighted by Crippen LogP contribution is 2.36. The number of hydrogen-bond donors (Lipinski definition) is 0. The number of para-hydroxylation sites is 1. The normalized spacial score (nSPS) is 19.6. The number of imidazole rings is 1. The van der Waals surface area contributed by atoms with E-state index in [1.165, 1.54) is 6.07 Å². The van der Waals surface area contributed by atoms with Gasteiger partial charge in [0.25, 0.3) is 0 Å². The lowest BCUT2D eigenvalue weighted by Gasteiger charge is -2.32. The maximum absolute atomic E-state index is 14.0. The van der Waals surface area contributed by atoms with Crippen molar-refractivity contribution in [2.75, 3.05) is 0 Å². The van der Waals surface area contributed by atoms with E-state index in [1.807, 2.05) is 27.7 Å². The predicted octanol–water partition coefficient (Wildman–Crippen LogP) is 3.07. The Kier molecular flexibility index (Phi) is 3.70. The van der Waals surface area contributed by atoms with Gasteiger partial charge in [-0.2, -0.15) is 0 Å². The van der Waals surface area contributed by atoms with Crippen LogP contribution in [0, 0.1) is 5.82 Å². The van der Waals surface area contributed by atoms with Crippen molar-refractivity contribution in [2.24, 2.45) is 0 Å². The van der Waals surface area contributed by atoms with Crippen LogP contribution < -0.4 is 5.59 Å². The molecule has 0 spiro atoms. The Morgan fingerprint density at radius 3 is 2.32 bits per heavy atom. The Labute approximate surface area is 137 Å². The first kappa shape index (κ1) is 15.7. The van der Waals surface area contributed by atoms with Crippen LogP contribution in [0.15, 0.2) is 35.2 Å². The molecule has 0 bridgehead atoms. The summed E-state index contributed by atoms with van der Waals surface area (Å²) < 4.78 is 28.0. The molecule has 2 heterocycles. The monoisotopic (exact) mass is 366 g/mol. The van der Waals surface area contributed by atoms with Gasteiger partial charge in [-0.25, -0.2) is 9.37 Å². The summed E-state index contributed by atoms with van der Waals surface area (Å²) in [6.45, 7) is 7.93. The van der Waals surface area contributed by atoms with E-state index in [2.05, 4.69) is 20.9 Å². The number of nitrogens with zero attached hydrogens (tertiary/aromatic N) is 2. The molecule has 7 heteroatoms. The van der Waals surface area contributed by atoms with Gasteiger partial charge in [-0.3, -0.25) is 4.57 Å². The molecule has 1 aromatic heterocycles. The standard InChI is InChI=1S/C15H17BBrFN2O2/c1-14(2)15(3,4)22-16(21-14)12-9-20(13(17)19-12)11-8-6-5-7-10(11)18/h5-9H,1-4H3. The fourth-order valence-electron chi connectivity index (χ4n) is 2.27. The molecule has 0 aliphatic carbocycles. The van der Waals surface area contributed by atoms with Gasteiger partial charge in [0.1, 0.15) is 5.82 Å². The first-order valence-corrected chi connectivity index (χ1v) is 7.86. The van der Waals surface area contributed by atoms with Crippen LogP contribution in [-0.4, -0.2) is 27.9 Å². The first-order chi connectivity index (χ1) is 10.2. The Bertz CT molecular complexity index is 701. The minimum atomic E-state index is -0.575. The molecule has 1 fully saturated rings. The summed E-state index contributed by atoms with van der Waals surface area (Å²) in [5.41, 5.74) is 0.149. The van der Waals surface area contributed by atoms with E-state index in [-0.39, 0.29) is 5.82 Å². The van der Waals surface area contributed by atoms with Crippen molar-refractivity contribution in [3.05, 3.63) is 41.0 Å². The molecule has 0 N–H and O–H groups in total. The third-order valence-electron chi connectivity index (χ3n) is 4.29. The van der Waals surface area contributed by atoms with Crippen LogP contribution >= 0.6 is 15.9 Å². The van der Waals surface area contributed by atoms with Crippen LogP contribution in [0.4, 0.5) is 4.39 Å². The molecule has 0 unspecified atom stereocenters. The van der Waals surface area contributed by atoms with Gasteiger partial charge >= 0.3 is 7.12 Å². The average Bonchev–Trinajstić information content (AvgIpc) is 2.89. The van der Waals surface area contributed by atoms with Gasteiger partial charge in [-0.05, 0) is 55.8 Å². The van der Waals surface area contributed by atoms with Crippen molar-refractivity contribution in [3.63, 3.8) is 0 Å². The zero-order valence-corrected chi connectivity index (χ0v) is 14.5. The highest BCUT2D eigenvalue weighted by atomic mass is 79.9. The van der Waals surface area contributed by atoms with Crippen molar-refractivity contribution in [1.29, 1.82) is 0 Å². The van der Waals surface area contributed by atoms with E-state index in [0.29, 0.717) is 16.0 Å². The van der Waals surface area contributed by atoms with Gasteiger partial charge in [0.2, 0.25) is 0 Å². The molecule has 0 amide bonds. The van der Waals surface area contributed by atoms with Crippen molar-refractivity contribution >= 4 is 28.6 Å².